The summed E-state index contributed by atoms with van der Waals surface area (Å²) in [4.78, 5) is 30.9. The molecule has 1 aliphatic carbocycles. The zero-order valence-corrected chi connectivity index (χ0v) is 19.8. The molecule has 1 saturated carbocycles. The van der Waals surface area contributed by atoms with Gasteiger partial charge in [-0.15, -0.1) is 10.2 Å². The van der Waals surface area contributed by atoms with Crippen LogP contribution in [0.15, 0.2) is 33.9 Å². The van der Waals surface area contributed by atoms with Crippen molar-refractivity contribution < 1.29 is 14.0 Å². The van der Waals surface area contributed by atoms with Crippen LogP contribution in [0.3, 0.4) is 0 Å². The normalized spacial score (nSPS) is 19.6. The van der Waals surface area contributed by atoms with Crippen molar-refractivity contribution >= 4 is 23.5 Å². The third-order valence-corrected chi connectivity index (χ3v) is 7.22. The number of amides is 1. The van der Waals surface area contributed by atoms with Crippen molar-refractivity contribution in [1.29, 1.82) is 0 Å². The van der Waals surface area contributed by atoms with E-state index in [-0.39, 0.29) is 23.5 Å². The lowest BCUT2D eigenvalue weighted by molar-refractivity contribution is -0.138. The molecule has 1 amide bonds. The number of thioether (sulfide) groups is 1. The van der Waals surface area contributed by atoms with Gasteiger partial charge in [-0.05, 0) is 38.1 Å². The minimum atomic E-state index is -0.597. The molecular formula is C24H32N4O3S. The highest BCUT2D eigenvalue weighted by molar-refractivity contribution is 7.99. The number of fused-ring (bicyclic) bond motifs is 1. The minimum Gasteiger partial charge on any atom is -0.408 e. The van der Waals surface area contributed by atoms with Gasteiger partial charge in [0.1, 0.15) is 6.04 Å². The summed E-state index contributed by atoms with van der Waals surface area (Å²) in [6.07, 6.45) is 6.83. The number of hydrogen-bond acceptors (Lipinski definition) is 7. The van der Waals surface area contributed by atoms with E-state index < -0.39 is 6.04 Å². The number of ketones is 1. The molecule has 32 heavy (non-hydrogen) atoms. The molecule has 1 unspecified atom stereocenters. The van der Waals surface area contributed by atoms with E-state index in [1.54, 1.807) is 4.90 Å². The van der Waals surface area contributed by atoms with Gasteiger partial charge in [-0.25, -0.2) is 0 Å². The number of Topliss-reactive ketones (excluding diaryl/α,β-unsaturated/α-hetero) is 1. The predicted octanol–water partition coefficient (Wildman–Crippen LogP) is 3.83. The average molecular weight is 457 g/mol. The molecule has 172 valence electrons. The molecule has 1 aromatic heterocycles. The Hall–Kier alpha value is -2.19. The Bertz CT molecular complexity index is 937. The fraction of sp³-hybridized carbons (Fsp3) is 0.583. The van der Waals surface area contributed by atoms with Crippen LogP contribution in [-0.2, 0) is 17.8 Å². The number of hydrogen-bond donors (Lipinski definition) is 0. The lowest BCUT2D eigenvalue weighted by atomic mass is 9.89. The van der Waals surface area contributed by atoms with Crippen LogP contribution in [0.4, 0.5) is 0 Å². The van der Waals surface area contributed by atoms with Gasteiger partial charge in [0, 0.05) is 31.2 Å². The largest absolute Gasteiger partial charge is 0.408 e. The van der Waals surface area contributed by atoms with Crippen LogP contribution < -0.4 is 0 Å². The summed E-state index contributed by atoms with van der Waals surface area (Å²) in [5, 5.41) is 8.47. The zero-order valence-electron chi connectivity index (χ0n) is 19.0. The topological polar surface area (TPSA) is 79.5 Å². The molecule has 2 aromatic rings. The third-order valence-electron chi connectivity index (χ3n) is 6.42. The number of benzene rings is 1. The number of aromatic nitrogens is 2. The van der Waals surface area contributed by atoms with Crippen LogP contribution in [0, 0.1) is 5.92 Å². The maximum Gasteiger partial charge on any atom is 0.286 e. The van der Waals surface area contributed by atoms with Gasteiger partial charge in [0.2, 0.25) is 11.7 Å². The van der Waals surface area contributed by atoms with Crippen molar-refractivity contribution in [2.24, 2.45) is 5.92 Å². The van der Waals surface area contributed by atoms with E-state index in [0.717, 1.165) is 49.1 Å². The lowest BCUT2D eigenvalue weighted by Crippen LogP contribution is -2.50. The Morgan fingerprint density at radius 2 is 1.81 bits per heavy atom. The second kappa shape index (κ2) is 10.6. The molecule has 0 bridgehead atoms. The summed E-state index contributed by atoms with van der Waals surface area (Å²) in [5.41, 5.74) is 2.22. The van der Waals surface area contributed by atoms with Gasteiger partial charge >= 0.3 is 0 Å². The molecular weight excluding hydrogens is 424 g/mol. The van der Waals surface area contributed by atoms with Crippen LogP contribution in [0.2, 0.25) is 0 Å². The molecule has 0 radical (unpaired) electrons. The molecule has 1 aliphatic heterocycles. The quantitative estimate of drug-likeness (QED) is 0.356. The average Bonchev–Trinajstić information content (AvgIpc) is 3.09. The highest BCUT2D eigenvalue weighted by Gasteiger charge is 2.39. The van der Waals surface area contributed by atoms with Crippen LogP contribution in [-0.4, -0.2) is 64.1 Å². The van der Waals surface area contributed by atoms with Gasteiger partial charge in [-0.2, -0.15) is 0 Å². The molecule has 2 heterocycles. The van der Waals surface area contributed by atoms with E-state index in [0.29, 0.717) is 18.2 Å². The molecule has 1 atom stereocenters. The fourth-order valence-electron chi connectivity index (χ4n) is 4.58. The van der Waals surface area contributed by atoms with Gasteiger partial charge in [-0.1, -0.05) is 61.7 Å². The maximum atomic E-state index is 13.6. The Labute approximate surface area is 193 Å². The molecule has 1 aromatic carbocycles. The van der Waals surface area contributed by atoms with Crippen molar-refractivity contribution in [3.05, 3.63) is 41.3 Å². The van der Waals surface area contributed by atoms with Crippen molar-refractivity contribution in [1.82, 2.24) is 20.0 Å². The molecule has 1 fully saturated rings. The second-order valence-corrected chi connectivity index (χ2v) is 10.1. The Morgan fingerprint density at radius 3 is 2.53 bits per heavy atom. The number of carbonyl (C=O) groups is 2. The van der Waals surface area contributed by atoms with Crippen molar-refractivity contribution in [2.75, 3.05) is 26.4 Å². The predicted molar refractivity (Wildman–Crippen MR) is 124 cm³/mol. The molecule has 8 heteroatoms. The molecule has 0 saturated heterocycles. The Balaban J connectivity index is 1.54. The molecule has 0 spiro atoms. The Morgan fingerprint density at radius 1 is 1.09 bits per heavy atom. The van der Waals surface area contributed by atoms with E-state index in [1.165, 1.54) is 24.6 Å². The minimum absolute atomic E-state index is 0.000371. The van der Waals surface area contributed by atoms with E-state index >= 15 is 0 Å². The SMILES string of the molecule is CN(C)CCSc1nnc(C(=O)C2Cc3ccccc3CN2C(=O)C2CCCCCC2)o1. The monoisotopic (exact) mass is 456 g/mol. The number of carbonyl (C=O) groups excluding carboxylic acids is 2. The van der Waals surface area contributed by atoms with Crippen LogP contribution in [0.25, 0.3) is 0 Å². The second-order valence-electron chi connectivity index (χ2n) is 9.03. The van der Waals surface area contributed by atoms with Gasteiger partial charge in [-0.3, -0.25) is 9.59 Å². The molecule has 0 N–H and O–H groups in total. The summed E-state index contributed by atoms with van der Waals surface area (Å²) in [7, 11) is 4.01. The summed E-state index contributed by atoms with van der Waals surface area (Å²) in [5.74, 6) is 0.637. The van der Waals surface area contributed by atoms with E-state index in [2.05, 4.69) is 21.2 Å². The smallest absolute Gasteiger partial charge is 0.286 e. The first-order chi connectivity index (χ1) is 15.5. The van der Waals surface area contributed by atoms with E-state index in [9.17, 15) is 9.59 Å². The first kappa shape index (κ1) is 23.0. The maximum absolute atomic E-state index is 13.6. The van der Waals surface area contributed by atoms with Crippen molar-refractivity contribution in [3.8, 4) is 0 Å². The first-order valence-corrected chi connectivity index (χ1v) is 12.5. The lowest BCUT2D eigenvalue weighted by Gasteiger charge is -2.37. The third kappa shape index (κ3) is 5.41. The zero-order chi connectivity index (χ0) is 22.5. The van der Waals surface area contributed by atoms with E-state index in [4.69, 9.17) is 4.42 Å². The Kier molecular flexibility index (Phi) is 7.63. The highest BCUT2D eigenvalue weighted by atomic mass is 32.2. The molecule has 7 nitrogen and oxygen atoms in total. The van der Waals surface area contributed by atoms with Gasteiger partial charge in [0.05, 0.1) is 0 Å². The first-order valence-electron chi connectivity index (χ1n) is 11.6. The van der Waals surface area contributed by atoms with Gasteiger partial charge in [0.15, 0.2) is 0 Å². The highest BCUT2D eigenvalue weighted by Crippen LogP contribution is 2.31. The number of nitrogens with zero attached hydrogens (tertiary/aromatic N) is 4. The van der Waals surface area contributed by atoms with Crippen LogP contribution >= 0.6 is 11.8 Å². The standard InChI is InChI=1S/C24H32N4O3S/c1-27(2)13-14-32-24-26-25-22(31-24)21(29)20-15-18-11-7-8-12-19(18)16-28(20)23(30)17-9-5-3-4-6-10-17/h7-8,11-12,17,20H,3-6,9-10,13-16H2,1-2H3. The summed E-state index contributed by atoms with van der Waals surface area (Å²) < 4.78 is 5.70. The van der Waals surface area contributed by atoms with Crippen molar-refractivity contribution in [3.63, 3.8) is 0 Å². The van der Waals surface area contributed by atoms with Crippen molar-refractivity contribution in [2.45, 2.75) is 62.8 Å². The van der Waals surface area contributed by atoms with Crippen LogP contribution in [0.5, 0.6) is 0 Å². The van der Waals surface area contributed by atoms with Gasteiger partial charge in [0.25, 0.3) is 11.1 Å². The summed E-state index contributed by atoms with van der Waals surface area (Å²) in [6, 6.07) is 7.47. The summed E-state index contributed by atoms with van der Waals surface area (Å²) >= 11 is 1.44. The number of rotatable bonds is 7. The summed E-state index contributed by atoms with van der Waals surface area (Å²) in [6.45, 7) is 1.33. The molecule has 4 rings (SSSR count). The van der Waals surface area contributed by atoms with Crippen LogP contribution in [0.1, 0.15) is 60.3 Å². The fourth-order valence-corrected chi connectivity index (χ4v) is 5.44. The molecule has 2 aliphatic rings. The van der Waals surface area contributed by atoms with E-state index in [1.807, 2.05) is 32.3 Å². The van der Waals surface area contributed by atoms with Gasteiger partial charge < -0.3 is 14.2 Å².